The molecule has 0 aliphatic carbocycles. The average Bonchev–Trinajstić information content (AvgIpc) is 2.93. The molecule has 2 heterocycles. The van der Waals surface area contributed by atoms with Gasteiger partial charge in [0.1, 0.15) is 5.01 Å². The zero-order valence-electron chi connectivity index (χ0n) is 9.38. The third-order valence-corrected chi connectivity index (χ3v) is 3.87. The van der Waals surface area contributed by atoms with E-state index in [4.69, 9.17) is 17.3 Å². The zero-order chi connectivity index (χ0) is 12.5. The lowest BCUT2D eigenvalue weighted by molar-refractivity contribution is 0.821. The van der Waals surface area contributed by atoms with Gasteiger partial charge in [-0.2, -0.15) is 9.61 Å². The Bertz CT molecular complexity index is 690. The van der Waals surface area contributed by atoms with Crippen LogP contribution in [0.1, 0.15) is 16.4 Å². The fourth-order valence-electron chi connectivity index (χ4n) is 1.70. The van der Waals surface area contributed by atoms with E-state index in [-0.39, 0.29) is 0 Å². The summed E-state index contributed by atoms with van der Waals surface area (Å²) in [7, 11) is 0. The van der Waals surface area contributed by atoms with Crippen molar-refractivity contribution in [3.05, 3.63) is 45.7 Å². The normalized spacial score (nSPS) is 11.2. The first kappa shape index (κ1) is 11.6. The Kier molecular flexibility index (Phi) is 2.99. The Morgan fingerprint density at radius 2 is 2.11 bits per heavy atom. The van der Waals surface area contributed by atoms with Gasteiger partial charge in [0.05, 0.1) is 0 Å². The van der Waals surface area contributed by atoms with E-state index in [1.807, 2.05) is 24.3 Å². The number of fused-ring (bicyclic) bond motifs is 1. The van der Waals surface area contributed by atoms with Gasteiger partial charge < -0.3 is 5.73 Å². The maximum atomic E-state index is 6.13. The Morgan fingerprint density at radius 3 is 2.89 bits per heavy atom. The van der Waals surface area contributed by atoms with Gasteiger partial charge in [0.2, 0.25) is 4.96 Å². The molecular formula is C11H10ClN5S. The molecule has 3 aromatic rings. The highest BCUT2D eigenvalue weighted by Crippen LogP contribution is 2.20. The molecule has 18 heavy (non-hydrogen) atoms. The Hall–Kier alpha value is -1.50. The summed E-state index contributed by atoms with van der Waals surface area (Å²) in [6.07, 6.45) is 0.606. The highest BCUT2D eigenvalue weighted by Gasteiger charge is 2.12. The first-order valence-corrected chi connectivity index (χ1v) is 6.61. The van der Waals surface area contributed by atoms with E-state index in [0.29, 0.717) is 13.0 Å². The Morgan fingerprint density at radius 1 is 1.28 bits per heavy atom. The number of halogens is 1. The molecule has 3 rings (SSSR count). The van der Waals surface area contributed by atoms with Gasteiger partial charge in [-0.15, -0.1) is 10.2 Å². The van der Waals surface area contributed by atoms with Crippen LogP contribution >= 0.6 is 22.9 Å². The summed E-state index contributed by atoms with van der Waals surface area (Å²) in [4.78, 5) is 0.762. The number of benzene rings is 1. The van der Waals surface area contributed by atoms with Crippen LogP contribution in [0, 0.1) is 0 Å². The maximum Gasteiger partial charge on any atom is 0.234 e. The van der Waals surface area contributed by atoms with Crippen molar-refractivity contribution in [2.24, 2.45) is 5.73 Å². The lowest BCUT2D eigenvalue weighted by atomic mass is 10.1. The monoisotopic (exact) mass is 279 g/mol. The van der Waals surface area contributed by atoms with Gasteiger partial charge in [-0.25, -0.2) is 0 Å². The summed E-state index contributed by atoms with van der Waals surface area (Å²) in [6.45, 7) is 0.416. The highest BCUT2D eigenvalue weighted by molar-refractivity contribution is 7.16. The van der Waals surface area contributed by atoms with Gasteiger partial charge in [-0.1, -0.05) is 41.1 Å². The van der Waals surface area contributed by atoms with Gasteiger partial charge >= 0.3 is 0 Å². The molecule has 0 aliphatic rings. The average molecular weight is 280 g/mol. The van der Waals surface area contributed by atoms with Crippen molar-refractivity contribution in [1.29, 1.82) is 0 Å². The summed E-state index contributed by atoms with van der Waals surface area (Å²) < 4.78 is 1.73. The molecule has 0 amide bonds. The first-order chi connectivity index (χ1) is 8.78. The predicted molar refractivity (Wildman–Crippen MR) is 70.8 cm³/mol. The van der Waals surface area contributed by atoms with Crippen molar-refractivity contribution in [2.75, 3.05) is 0 Å². The summed E-state index contributed by atoms with van der Waals surface area (Å²) in [6, 6.07) is 7.69. The third kappa shape index (κ3) is 1.98. The molecule has 0 bridgehead atoms. The van der Waals surface area contributed by atoms with Crippen LogP contribution in [0.4, 0.5) is 0 Å². The molecule has 0 fully saturated rings. The lowest BCUT2D eigenvalue weighted by Gasteiger charge is -2.00. The van der Waals surface area contributed by atoms with E-state index >= 15 is 0 Å². The highest BCUT2D eigenvalue weighted by atomic mass is 35.5. The Labute approximate surface area is 112 Å². The molecule has 1 aromatic carbocycles. The molecular weight excluding hydrogens is 270 g/mol. The second kappa shape index (κ2) is 4.64. The van der Waals surface area contributed by atoms with Crippen LogP contribution in [-0.4, -0.2) is 19.8 Å². The number of rotatable bonds is 3. The van der Waals surface area contributed by atoms with E-state index in [2.05, 4.69) is 15.3 Å². The largest absolute Gasteiger partial charge is 0.324 e. The van der Waals surface area contributed by atoms with E-state index in [0.717, 1.165) is 26.4 Å². The topological polar surface area (TPSA) is 69.1 Å². The molecule has 7 heteroatoms. The van der Waals surface area contributed by atoms with E-state index in [1.165, 1.54) is 11.3 Å². The molecule has 2 aromatic heterocycles. The van der Waals surface area contributed by atoms with Gasteiger partial charge in [-0.3, -0.25) is 0 Å². The zero-order valence-corrected chi connectivity index (χ0v) is 10.9. The van der Waals surface area contributed by atoms with Crippen LogP contribution in [0.25, 0.3) is 4.96 Å². The molecule has 0 spiro atoms. The quantitative estimate of drug-likeness (QED) is 0.795. The Balaban J connectivity index is 2.00. The second-order valence-corrected chi connectivity index (χ2v) is 5.23. The smallest absolute Gasteiger partial charge is 0.234 e. The van der Waals surface area contributed by atoms with Gasteiger partial charge in [0, 0.05) is 18.0 Å². The van der Waals surface area contributed by atoms with E-state index < -0.39 is 0 Å². The van der Waals surface area contributed by atoms with Crippen LogP contribution in [0.15, 0.2) is 24.3 Å². The number of hydrogen-bond acceptors (Lipinski definition) is 5. The van der Waals surface area contributed by atoms with Crippen LogP contribution in [0.2, 0.25) is 5.02 Å². The van der Waals surface area contributed by atoms with Gasteiger partial charge in [-0.05, 0) is 11.6 Å². The fourth-order valence-corrected chi connectivity index (χ4v) is 2.64. The molecule has 0 radical (unpaired) electrons. The second-order valence-electron chi connectivity index (χ2n) is 3.78. The van der Waals surface area contributed by atoms with Crippen molar-refractivity contribution in [2.45, 2.75) is 13.0 Å². The SMILES string of the molecule is NCc1nn2c(Cc3ccccc3Cl)nnc2s1. The summed E-state index contributed by atoms with van der Waals surface area (Å²) >= 11 is 7.58. The van der Waals surface area contributed by atoms with E-state index in [1.54, 1.807) is 4.52 Å². The third-order valence-electron chi connectivity index (χ3n) is 2.58. The molecule has 0 atom stereocenters. The molecule has 0 saturated carbocycles. The van der Waals surface area contributed by atoms with Crippen LogP contribution < -0.4 is 5.73 Å². The molecule has 0 aliphatic heterocycles. The van der Waals surface area contributed by atoms with Crippen molar-refractivity contribution < 1.29 is 0 Å². The van der Waals surface area contributed by atoms with Crippen molar-refractivity contribution in [3.8, 4) is 0 Å². The number of hydrogen-bond donors (Lipinski definition) is 1. The molecule has 92 valence electrons. The summed E-state index contributed by atoms with van der Waals surface area (Å²) in [5, 5.41) is 14.1. The maximum absolute atomic E-state index is 6.13. The van der Waals surface area contributed by atoms with E-state index in [9.17, 15) is 0 Å². The van der Waals surface area contributed by atoms with Crippen LogP contribution in [0.3, 0.4) is 0 Å². The molecule has 5 nitrogen and oxygen atoms in total. The van der Waals surface area contributed by atoms with Crippen LogP contribution in [0.5, 0.6) is 0 Å². The standard InChI is InChI=1S/C11H10ClN5S/c12-8-4-2-1-3-7(8)5-9-14-15-11-17(9)16-10(6-13)18-11/h1-4H,5-6,13H2. The number of nitrogens with zero attached hydrogens (tertiary/aromatic N) is 4. The lowest BCUT2D eigenvalue weighted by Crippen LogP contribution is -2.01. The molecule has 0 saturated heterocycles. The number of nitrogens with two attached hydrogens (primary N) is 1. The van der Waals surface area contributed by atoms with Crippen LogP contribution in [-0.2, 0) is 13.0 Å². The predicted octanol–water partition coefficient (Wildman–Crippen LogP) is 1.89. The fraction of sp³-hybridized carbons (Fsp3) is 0.182. The van der Waals surface area contributed by atoms with Crippen molar-refractivity contribution in [1.82, 2.24) is 19.8 Å². The molecule has 0 unspecified atom stereocenters. The minimum absolute atomic E-state index is 0.416. The minimum Gasteiger partial charge on any atom is -0.324 e. The first-order valence-electron chi connectivity index (χ1n) is 5.41. The van der Waals surface area contributed by atoms with Gasteiger partial charge in [0.25, 0.3) is 0 Å². The number of aromatic nitrogens is 4. The molecule has 2 N–H and O–H groups in total. The summed E-state index contributed by atoms with van der Waals surface area (Å²) in [5.41, 5.74) is 6.57. The van der Waals surface area contributed by atoms with Crippen molar-refractivity contribution >= 4 is 27.9 Å². The van der Waals surface area contributed by atoms with Gasteiger partial charge in [0.15, 0.2) is 5.82 Å². The van der Waals surface area contributed by atoms with Crippen molar-refractivity contribution in [3.63, 3.8) is 0 Å². The minimum atomic E-state index is 0.416. The summed E-state index contributed by atoms with van der Waals surface area (Å²) in [5.74, 6) is 0.772.